The lowest BCUT2D eigenvalue weighted by Gasteiger charge is -2.30. The SMILES string of the molecule is NC(=O)c1ccc(Oc2ncnc3c2cnn3C2CCN(C(=O)O)CC2)cc1. The van der Waals surface area contributed by atoms with E-state index in [1.165, 1.54) is 11.2 Å². The summed E-state index contributed by atoms with van der Waals surface area (Å²) >= 11 is 0. The number of primary amides is 1. The van der Waals surface area contributed by atoms with Gasteiger partial charge in [0.2, 0.25) is 11.8 Å². The van der Waals surface area contributed by atoms with E-state index >= 15 is 0 Å². The number of nitrogens with zero attached hydrogens (tertiary/aromatic N) is 5. The van der Waals surface area contributed by atoms with Crippen molar-refractivity contribution in [1.82, 2.24) is 24.6 Å². The van der Waals surface area contributed by atoms with Crippen LogP contribution in [0, 0.1) is 0 Å². The number of amides is 2. The van der Waals surface area contributed by atoms with Crippen LogP contribution in [-0.2, 0) is 0 Å². The summed E-state index contributed by atoms with van der Waals surface area (Å²) < 4.78 is 7.64. The molecule has 0 aliphatic carbocycles. The van der Waals surface area contributed by atoms with Gasteiger partial charge < -0.3 is 20.5 Å². The second kappa shape index (κ2) is 7.14. The van der Waals surface area contributed by atoms with Crippen LogP contribution in [0.4, 0.5) is 4.79 Å². The van der Waals surface area contributed by atoms with Gasteiger partial charge in [-0.15, -0.1) is 0 Å². The van der Waals surface area contributed by atoms with Crippen LogP contribution >= 0.6 is 0 Å². The zero-order valence-electron chi connectivity index (χ0n) is 14.9. The van der Waals surface area contributed by atoms with Crippen molar-refractivity contribution >= 4 is 23.0 Å². The Hall–Kier alpha value is -3.69. The van der Waals surface area contributed by atoms with Crippen LogP contribution in [0.25, 0.3) is 11.0 Å². The molecule has 2 aromatic heterocycles. The summed E-state index contributed by atoms with van der Waals surface area (Å²) in [6.45, 7) is 0.921. The molecule has 10 nitrogen and oxygen atoms in total. The summed E-state index contributed by atoms with van der Waals surface area (Å²) in [4.78, 5) is 32.2. The van der Waals surface area contributed by atoms with Gasteiger partial charge in [0.1, 0.15) is 17.5 Å². The number of likely N-dealkylation sites (tertiary alicyclic amines) is 1. The van der Waals surface area contributed by atoms with E-state index in [9.17, 15) is 9.59 Å². The lowest BCUT2D eigenvalue weighted by Crippen LogP contribution is -2.38. The predicted molar refractivity (Wildman–Crippen MR) is 98.2 cm³/mol. The van der Waals surface area contributed by atoms with Crippen molar-refractivity contribution in [3.63, 3.8) is 0 Å². The van der Waals surface area contributed by atoms with Crippen LogP contribution in [0.15, 0.2) is 36.8 Å². The summed E-state index contributed by atoms with van der Waals surface area (Å²) in [6, 6.07) is 6.50. The standard InChI is InChI=1S/C18H18N6O4/c19-15(25)11-1-3-13(4-2-11)28-17-14-9-22-24(16(14)20-10-21-17)12-5-7-23(8-6-12)18(26)27/h1-4,9-10,12H,5-8H2,(H2,19,25)(H,26,27). The van der Waals surface area contributed by atoms with Crippen LogP contribution in [0.1, 0.15) is 29.2 Å². The Labute approximate surface area is 159 Å². The first-order chi connectivity index (χ1) is 13.5. The molecule has 0 unspecified atom stereocenters. The van der Waals surface area contributed by atoms with Gasteiger partial charge in [0.15, 0.2) is 5.65 Å². The molecule has 0 atom stereocenters. The minimum atomic E-state index is -0.899. The summed E-state index contributed by atoms with van der Waals surface area (Å²) in [5, 5.41) is 14.2. The fourth-order valence-corrected chi connectivity index (χ4v) is 3.29. The Morgan fingerprint density at radius 2 is 1.86 bits per heavy atom. The number of hydrogen-bond donors (Lipinski definition) is 2. The lowest BCUT2D eigenvalue weighted by atomic mass is 10.1. The van der Waals surface area contributed by atoms with Gasteiger partial charge in [-0.05, 0) is 37.1 Å². The van der Waals surface area contributed by atoms with E-state index in [1.54, 1.807) is 35.1 Å². The van der Waals surface area contributed by atoms with Crippen molar-refractivity contribution < 1.29 is 19.4 Å². The molecule has 1 aliphatic heterocycles. The number of rotatable bonds is 4. The summed E-state index contributed by atoms with van der Waals surface area (Å²) in [5.74, 6) is 0.352. The van der Waals surface area contributed by atoms with Crippen molar-refractivity contribution in [3.8, 4) is 11.6 Å². The third-order valence-electron chi connectivity index (χ3n) is 4.79. The van der Waals surface area contributed by atoms with Gasteiger partial charge in [-0.3, -0.25) is 4.79 Å². The van der Waals surface area contributed by atoms with E-state index in [4.69, 9.17) is 15.6 Å². The maximum absolute atomic E-state index is 11.2. The second-order valence-corrected chi connectivity index (χ2v) is 6.50. The molecule has 144 valence electrons. The molecule has 2 amide bonds. The first-order valence-corrected chi connectivity index (χ1v) is 8.76. The van der Waals surface area contributed by atoms with E-state index in [-0.39, 0.29) is 6.04 Å². The van der Waals surface area contributed by atoms with Crippen LogP contribution in [0.5, 0.6) is 11.6 Å². The largest absolute Gasteiger partial charge is 0.465 e. The van der Waals surface area contributed by atoms with Gasteiger partial charge in [0.25, 0.3) is 0 Å². The molecule has 10 heteroatoms. The van der Waals surface area contributed by atoms with Gasteiger partial charge in [-0.2, -0.15) is 5.10 Å². The highest BCUT2D eigenvalue weighted by Gasteiger charge is 2.26. The highest BCUT2D eigenvalue weighted by Crippen LogP contribution is 2.30. The maximum Gasteiger partial charge on any atom is 0.407 e. The molecular formula is C18H18N6O4. The molecule has 0 bridgehead atoms. The highest BCUT2D eigenvalue weighted by molar-refractivity contribution is 5.92. The van der Waals surface area contributed by atoms with E-state index in [0.717, 1.165) is 0 Å². The Kier molecular flexibility index (Phi) is 4.52. The van der Waals surface area contributed by atoms with Crippen molar-refractivity contribution in [2.45, 2.75) is 18.9 Å². The fourth-order valence-electron chi connectivity index (χ4n) is 3.29. The highest BCUT2D eigenvalue weighted by atomic mass is 16.5. The summed E-state index contributed by atoms with van der Waals surface area (Å²) in [6.07, 6.45) is 3.48. The molecule has 28 heavy (non-hydrogen) atoms. The Bertz CT molecular complexity index is 1020. The lowest BCUT2D eigenvalue weighted by molar-refractivity contribution is 0.1000. The first-order valence-electron chi connectivity index (χ1n) is 8.76. The Balaban J connectivity index is 1.57. The third kappa shape index (κ3) is 3.31. The molecular weight excluding hydrogens is 364 g/mol. The van der Waals surface area contributed by atoms with E-state index in [2.05, 4.69) is 15.1 Å². The van der Waals surface area contributed by atoms with Gasteiger partial charge in [-0.25, -0.2) is 19.4 Å². The normalized spacial score (nSPS) is 14.9. The number of hydrogen-bond acceptors (Lipinski definition) is 6. The number of carboxylic acid groups (broad SMARTS) is 1. The zero-order valence-corrected chi connectivity index (χ0v) is 14.9. The Morgan fingerprint density at radius 3 is 2.50 bits per heavy atom. The van der Waals surface area contributed by atoms with Crippen LogP contribution in [0.3, 0.4) is 0 Å². The number of ether oxygens (including phenoxy) is 1. The molecule has 0 saturated carbocycles. The predicted octanol–water partition coefficient (Wildman–Crippen LogP) is 2.03. The number of fused-ring (bicyclic) bond motifs is 1. The number of aromatic nitrogens is 4. The molecule has 3 heterocycles. The Morgan fingerprint density at radius 1 is 1.14 bits per heavy atom. The minimum absolute atomic E-state index is 0.0608. The molecule has 1 saturated heterocycles. The first kappa shape index (κ1) is 17.7. The smallest absolute Gasteiger partial charge is 0.407 e. The summed E-state index contributed by atoms with van der Waals surface area (Å²) in [7, 11) is 0. The molecule has 0 radical (unpaired) electrons. The van der Waals surface area contributed by atoms with Crippen molar-refractivity contribution in [2.75, 3.05) is 13.1 Å². The number of piperidine rings is 1. The van der Waals surface area contributed by atoms with E-state index < -0.39 is 12.0 Å². The molecule has 3 aromatic rings. The summed E-state index contributed by atoms with van der Waals surface area (Å²) in [5.41, 5.74) is 6.26. The van der Waals surface area contributed by atoms with Crippen molar-refractivity contribution in [2.24, 2.45) is 5.73 Å². The third-order valence-corrected chi connectivity index (χ3v) is 4.79. The average Bonchev–Trinajstić information content (AvgIpc) is 3.13. The van der Waals surface area contributed by atoms with Gasteiger partial charge in [0, 0.05) is 18.7 Å². The average molecular weight is 382 g/mol. The monoisotopic (exact) mass is 382 g/mol. The van der Waals surface area contributed by atoms with Crippen LogP contribution in [0.2, 0.25) is 0 Å². The van der Waals surface area contributed by atoms with Gasteiger partial charge in [0.05, 0.1) is 12.2 Å². The molecule has 1 aliphatic rings. The quantitative estimate of drug-likeness (QED) is 0.704. The maximum atomic E-state index is 11.2. The molecule has 4 rings (SSSR count). The number of carbonyl (C=O) groups is 2. The van der Waals surface area contributed by atoms with Gasteiger partial charge in [-0.1, -0.05) is 0 Å². The topological polar surface area (TPSA) is 136 Å². The number of benzene rings is 1. The molecule has 1 aromatic carbocycles. The number of carbonyl (C=O) groups excluding carboxylic acids is 1. The second-order valence-electron chi connectivity index (χ2n) is 6.50. The minimum Gasteiger partial charge on any atom is -0.465 e. The fraction of sp³-hybridized carbons (Fsp3) is 0.278. The van der Waals surface area contributed by atoms with Crippen LogP contribution < -0.4 is 10.5 Å². The van der Waals surface area contributed by atoms with Gasteiger partial charge >= 0.3 is 6.09 Å². The number of nitrogens with two attached hydrogens (primary N) is 1. The molecule has 1 fully saturated rings. The van der Waals surface area contributed by atoms with Crippen molar-refractivity contribution in [3.05, 3.63) is 42.4 Å². The molecule has 3 N–H and O–H groups in total. The van der Waals surface area contributed by atoms with Crippen molar-refractivity contribution in [1.29, 1.82) is 0 Å². The van der Waals surface area contributed by atoms with Crippen LogP contribution in [-0.4, -0.2) is 54.8 Å². The molecule has 0 spiro atoms. The van der Waals surface area contributed by atoms with E-state index in [1.807, 2.05) is 0 Å². The zero-order chi connectivity index (χ0) is 19.7. The van der Waals surface area contributed by atoms with E-state index in [0.29, 0.717) is 54.2 Å².